The average Bonchev–Trinajstić information content (AvgIpc) is 3.41. The highest BCUT2D eigenvalue weighted by molar-refractivity contribution is 6.05. The van der Waals surface area contributed by atoms with Gasteiger partial charge in [-0.3, -0.25) is 19.2 Å². The summed E-state index contributed by atoms with van der Waals surface area (Å²) < 4.78 is 3.26. The minimum Gasteiger partial charge on any atom is -0.354 e. The van der Waals surface area contributed by atoms with Crippen molar-refractivity contribution in [1.82, 2.24) is 40.4 Å². The summed E-state index contributed by atoms with van der Waals surface area (Å²) >= 11 is 0. The van der Waals surface area contributed by atoms with Gasteiger partial charge in [0.15, 0.2) is 11.4 Å². The van der Waals surface area contributed by atoms with Crippen molar-refractivity contribution >= 4 is 23.6 Å². The minimum absolute atomic E-state index is 0.152. The van der Waals surface area contributed by atoms with E-state index >= 15 is 0 Å². The van der Waals surface area contributed by atoms with Gasteiger partial charge in [0.25, 0.3) is 23.6 Å². The monoisotopic (exact) mass is 420 g/mol. The zero-order valence-electron chi connectivity index (χ0n) is 18.0. The van der Waals surface area contributed by atoms with Crippen LogP contribution < -0.4 is 21.3 Å². The molecular weight excluding hydrogens is 392 g/mol. The maximum absolute atomic E-state index is 11.5. The molecule has 0 unspecified atom stereocenters. The number of imidazole rings is 2. The van der Waals surface area contributed by atoms with Gasteiger partial charge in [0, 0.05) is 41.3 Å². The van der Waals surface area contributed by atoms with E-state index in [-0.39, 0.29) is 35.0 Å². The molecule has 2 aromatic rings. The third kappa shape index (κ3) is 5.21. The standard InChI is InChI=1S/2C9H14N4O2/c2*1-4-13-5-12-6(8(14)10-2)7(13)9(15)11-3/h2*5H,4H2,1-3H3,(H,10,14)(H,11,15). The van der Waals surface area contributed by atoms with Crippen molar-refractivity contribution in [2.24, 2.45) is 0 Å². The van der Waals surface area contributed by atoms with Crippen molar-refractivity contribution in [2.45, 2.75) is 26.9 Å². The van der Waals surface area contributed by atoms with Gasteiger partial charge in [-0.15, -0.1) is 0 Å². The van der Waals surface area contributed by atoms with E-state index in [9.17, 15) is 19.2 Å². The molecule has 0 saturated carbocycles. The minimum atomic E-state index is -0.360. The molecule has 2 aromatic heterocycles. The van der Waals surface area contributed by atoms with Crippen LogP contribution in [0.4, 0.5) is 0 Å². The van der Waals surface area contributed by atoms with Gasteiger partial charge in [0.2, 0.25) is 0 Å². The predicted octanol–water partition coefficient (Wildman–Crippen LogP) is -0.756. The number of nitrogens with zero attached hydrogens (tertiary/aromatic N) is 4. The molecule has 30 heavy (non-hydrogen) atoms. The van der Waals surface area contributed by atoms with Crippen molar-refractivity contribution in [3.05, 3.63) is 35.4 Å². The SMILES string of the molecule is CCn1cnc(C(=O)NC)c1C(=O)NC.CCn1cnc(C(=O)NC)c1C(=O)NC. The van der Waals surface area contributed by atoms with Crippen LogP contribution in [-0.4, -0.2) is 70.9 Å². The van der Waals surface area contributed by atoms with Crippen molar-refractivity contribution in [3.63, 3.8) is 0 Å². The Hall–Kier alpha value is -3.70. The fourth-order valence-electron chi connectivity index (χ4n) is 2.53. The summed E-state index contributed by atoms with van der Waals surface area (Å²) in [5.74, 6) is -1.34. The molecule has 0 aliphatic carbocycles. The first kappa shape index (κ1) is 24.3. The Morgan fingerprint density at radius 3 is 1.20 bits per heavy atom. The van der Waals surface area contributed by atoms with E-state index in [1.165, 1.54) is 40.8 Å². The van der Waals surface area contributed by atoms with Crippen LogP contribution in [0.3, 0.4) is 0 Å². The highest BCUT2D eigenvalue weighted by Gasteiger charge is 2.22. The lowest BCUT2D eigenvalue weighted by Gasteiger charge is -2.05. The summed E-state index contributed by atoms with van der Waals surface area (Å²) in [4.78, 5) is 53.8. The summed E-state index contributed by atoms with van der Waals surface area (Å²) in [5.41, 5.74) is 0.885. The summed E-state index contributed by atoms with van der Waals surface area (Å²) in [6.45, 7) is 4.93. The maximum Gasteiger partial charge on any atom is 0.272 e. The van der Waals surface area contributed by atoms with Gasteiger partial charge in [-0.25, -0.2) is 9.97 Å². The molecule has 2 heterocycles. The van der Waals surface area contributed by atoms with E-state index in [2.05, 4.69) is 31.2 Å². The first-order valence-corrected chi connectivity index (χ1v) is 9.29. The Balaban J connectivity index is 0.000000300. The third-order valence-electron chi connectivity index (χ3n) is 4.13. The highest BCUT2D eigenvalue weighted by Crippen LogP contribution is 2.08. The smallest absolute Gasteiger partial charge is 0.272 e. The molecule has 12 heteroatoms. The molecule has 0 bridgehead atoms. The van der Waals surface area contributed by atoms with E-state index in [0.717, 1.165) is 0 Å². The zero-order chi connectivity index (χ0) is 22.8. The third-order valence-corrected chi connectivity index (χ3v) is 4.13. The maximum atomic E-state index is 11.5. The quantitative estimate of drug-likeness (QED) is 0.482. The molecule has 4 amide bonds. The number of carbonyl (C=O) groups excluding carboxylic acids is 4. The molecule has 0 saturated heterocycles. The van der Waals surface area contributed by atoms with Crippen LogP contribution in [0.15, 0.2) is 12.7 Å². The number of rotatable bonds is 6. The second-order valence-electron chi connectivity index (χ2n) is 5.77. The van der Waals surface area contributed by atoms with Crippen molar-refractivity contribution in [2.75, 3.05) is 28.2 Å². The van der Waals surface area contributed by atoms with Crippen LogP contribution in [0.1, 0.15) is 55.8 Å². The molecule has 0 spiro atoms. The number of aromatic nitrogens is 4. The number of hydrogen-bond donors (Lipinski definition) is 4. The van der Waals surface area contributed by atoms with E-state index in [0.29, 0.717) is 24.5 Å². The Morgan fingerprint density at radius 1 is 0.667 bits per heavy atom. The van der Waals surface area contributed by atoms with Gasteiger partial charge < -0.3 is 30.4 Å². The van der Waals surface area contributed by atoms with Gasteiger partial charge in [-0.1, -0.05) is 0 Å². The Morgan fingerprint density at radius 2 is 0.967 bits per heavy atom. The van der Waals surface area contributed by atoms with E-state index < -0.39 is 0 Å². The highest BCUT2D eigenvalue weighted by atomic mass is 16.2. The van der Waals surface area contributed by atoms with Gasteiger partial charge in [0.1, 0.15) is 11.4 Å². The molecule has 0 atom stereocenters. The zero-order valence-corrected chi connectivity index (χ0v) is 18.0. The number of hydrogen-bond acceptors (Lipinski definition) is 6. The lowest BCUT2D eigenvalue weighted by atomic mass is 10.3. The lowest BCUT2D eigenvalue weighted by Crippen LogP contribution is -2.27. The fourth-order valence-corrected chi connectivity index (χ4v) is 2.53. The van der Waals surface area contributed by atoms with Crippen LogP contribution in [0.2, 0.25) is 0 Å². The van der Waals surface area contributed by atoms with E-state index in [4.69, 9.17) is 0 Å². The average molecular weight is 420 g/mol. The summed E-state index contributed by atoms with van der Waals surface area (Å²) in [6, 6.07) is 0. The summed E-state index contributed by atoms with van der Waals surface area (Å²) in [7, 11) is 6.04. The Bertz CT molecular complexity index is 841. The molecule has 0 radical (unpaired) electrons. The molecular formula is C18H28N8O4. The van der Waals surface area contributed by atoms with Crippen molar-refractivity contribution < 1.29 is 19.2 Å². The Kier molecular flexibility index (Phi) is 9.20. The van der Waals surface area contributed by atoms with Crippen LogP contribution in [-0.2, 0) is 13.1 Å². The van der Waals surface area contributed by atoms with Gasteiger partial charge in [0.05, 0.1) is 12.7 Å². The number of carbonyl (C=O) groups is 4. The normalized spacial score (nSPS) is 9.80. The van der Waals surface area contributed by atoms with Gasteiger partial charge in [-0.05, 0) is 13.8 Å². The second kappa shape index (κ2) is 11.3. The van der Waals surface area contributed by atoms with E-state index in [1.807, 2.05) is 13.8 Å². The summed E-state index contributed by atoms with van der Waals surface area (Å²) in [6.07, 6.45) is 2.96. The first-order valence-electron chi connectivity index (χ1n) is 9.29. The number of aryl methyl sites for hydroxylation is 2. The number of amides is 4. The molecule has 4 N–H and O–H groups in total. The van der Waals surface area contributed by atoms with Crippen molar-refractivity contribution in [1.29, 1.82) is 0 Å². The Labute approximate surface area is 174 Å². The van der Waals surface area contributed by atoms with Crippen LogP contribution in [0, 0.1) is 0 Å². The van der Waals surface area contributed by atoms with Gasteiger partial charge in [-0.2, -0.15) is 0 Å². The van der Waals surface area contributed by atoms with Crippen LogP contribution in [0.25, 0.3) is 0 Å². The molecule has 0 aliphatic heterocycles. The van der Waals surface area contributed by atoms with Crippen LogP contribution in [0.5, 0.6) is 0 Å². The number of nitrogens with one attached hydrogen (secondary N) is 4. The van der Waals surface area contributed by atoms with E-state index in [1.54, 1.807) is 9.13 Å². The largest absolute Gasteiger partial charge is 0.354 e. The van der Waals surface area contributed by atoms with Gasteiger partial charge >= 0.3 is 0 Å². The molecule has 2 rings (SSSR count). The fraction of sp³-hybridized carbons (Fsp3) is 0.444. The molecule has 0 fully saturated rings. The molecule has 0 aromatic carbocycles. The first-order chi connectivity index (χ1) is 14.3. The van der Waals surface area contributed by atoms with Crippen LogP contribution >= 0.6 is 0 Å². The summed E-state index contributed by atoms with van der Waals surface area (Å²) in [5, 5.41) is 9.85. The molecule has 0 aliphatic rings. The molecule has 164 valence electrons. The molecule has 12 nitrogen and oxygen atoms in total. The topological polar surface area (TPSA) is 152 Å². The second-order valence-corrected chi connectivity index (χ2v) is 5.77. The van der Waals surface area contributed by atoms with Crippen molar-refractivity contribution in [3.8, 4) is 0 Å². The lowest BCUT2D eigenvalue weighted by molar-refractivity contribution is 0.0920. The predicted molar refractivity (Wildman–Crippen MR) is 109 cm³/mol.